The number of hydrogen-bond acceptors (Lipinski definition) is 3. The van der Waals surface area contributed by atoms with E-state index in [0.29, 0.717) is 6.42 Å². The van der Waals surface area contributed by atoms with E-state index in [0.717, 1.165) is 29.3 Å². The number of benzene rings is 1. The van der Waals surface area contributed by atoms with Gasteiger partial charge in [-0.05, 0) is 49.3 Å². The number of hydrogen-bond donors (Lipinski definition) is 0. The number of alkyl halides is 3. The largest absolute Gasteiger partial charge is 0.410 e. The maximum absolute atomic E-state index is 13.6. The van der Waals surface area contributed by atoms with Gasteiger partial charge >= 0.3 is 6.18 Å². The van der Waals surface area contributed by atoms with Crippen LogP contribution in [0.15, 0.2) is 30.5 Å². The van der Waals surface area contributed by atoms with Crippen molar-refractivity contribution in [1.29, 1.82) is 5.26 Å². The van der Waals surface area contributed by atoms with Crippen LogP contribution < -0.4 is 4.90 Å². The second kappa shape index (κ2) is 7.17. The molecule has 0 N–H and O–H groups in total. The molecule has 2 aromatic rings. The lowest BCUT2D eigenvalue weighted by molar-refractivity contribution is -0.175. The molecule has 1 aromatic carbocycles. The van der Waals surface area contributed by atoms with Crippen LogP contribution in [0.2, 0.25) is 0 Å². The molecular weight excluding hydrogens is 388 g/mol. The van der Waals surface area contributed by atoms with Crippen molar-refractivity contribution in [3.8, 4) is 6.07 Å². The average molecular weight is 406 g/mol. The Kier molecular flexibility index (Phi) is 4.81. The highest BCUT2D eigenvalue weighted by Crippen LogP contribution is 2.49. The van der Waals surface area contributed by atoms with Gasteiger partial charge in [-0.3, -0.25) is 9.69 Å². The Morgan fingerprint density at radius 2 is 1.93 bits per heavy atom. The van der Waals surface area contributed by atoms with E-state index in [9.17, 15) is 27.6 Å². The first-order chi connectivity index (χ1) is 13.8. The van der Waals surface area contributed by atoms with Gasteiger partial charge in [0.15, 0.2) is 11.9 Å². The van der Waals surface area contributed by atoms with E-state index < -0.39 is 18.3 Å². The molecule has 1 amide bonds. The summed E-state index contributed by atoms with van der Waals surface area (Å²) in [4.78, 5) is 14.4. The predicted octanol–water partition coefficient (Wildman–Crippen LogP) is 4.15. The molecule has 0 bridgehead atoms. The van der Waals surface area contributed by atoms with Crippen LogP contribution in [0.5, 0.6) is 0 Å². The minimum absolute atomic E-state index is 0.00943. The SMILES string of the molecule is N#Cc1cnn2c1N(C(=O)CCc1ccc(F)cc1)[C@H](C1CC1)C[C@@H]2C(F)(F)F. The molecule has 1 saturated carbocycles. The van der Waals surface area contributed by atoms with Crippen molar-refractivity contribution in [2.45, 2.75) is 50.4 Å². The van der Waals surface area contributed by atoms with Crippen LogP contribution in [0, 0.1) is 23.1 Å². The van der Waals surface area contributed by atoms with Crippen molar-refractivity contribution in [1.82, 2.24) is 9.78 Å². The van der Waals surface area contributed by atoms with Crippen LogP contribution in [0.3, 0.4) is 0 Å². The molecule has 9 heteroatoms. The number of halogens is 4. The van der Waals surface area contributed by atoms with Gasteiger partial charge in [0.2, 0.25) is 5.91 Å². The van der Waals surface area contributed by atoms with E-state index in [1.165, 1.54) is 17.0 Å². The number of aryl methyl sites for hydroxylation is 1. The third-order valence-corrected chi connectivity index (χ3v) is 5.56. The predicted molar refractivity (Wildman–Crippen MR) is 95.4 cm³/mol. The summed E-state index contributed by atoms with van der Waals surface area (Å²) in [5.74, 6) is -0.817. The third-order valence-electron chi connectivity index (χ3n) is 5.56. The zero-order valence-electron chi connectivity index (χ0n) is 15.4. The number of anilines is 1. The normalized spacial score (nSPS) is 21.6. The summed E-state index contributed by atoms with van der Waals surface area (Å²) in [6, 6.07) is 5.13. The van der Waals surface area contributed by atoms with Crippen molar-refractivity contribution < 1.29 is 22.4 Å². The Labute approximate surface area is 164 Å². The number of aromatic nitrogens is 2. The molecule has 2 heterocycles. The van der Waals surface area contributed by atoms with E-state index in [4.69, 9.17) is 0 Å². The summed E-state index contributed by atoms with van der Waals surface area (Å²) in [6.07, 6.45) is -1.82. The summed E-state index contributed by atoms with van der Waals surface area (Å²) in [5, 5.41) is 13.2. The monoisotopic (exact) mass is 406 g/mol. The lowest BCUT2D eigenvalue weighted by Crippen LogP contribution is -2.51. The fourth-order valence-electron chi connectivity index (χ4n) is 3.98. The van der Waals surface area contributed by atoms with Crippen LogP contribution >= 0.6 is 0 Å². The highest BCUT2D eigenvalue weighted by atomic mass is 19.4. The minimum atomic E-state index is -4.52. The lowest BCUT2D eigenvalue weighted by Gasteiger charge is -2.40. The van der Waals surface area contributed by atoms with Gasteiger partial charge in [0.1, 0.15) is 17.4 Å². The highest BCUT2D eigenvalue weighted by Gasteiger charge is 2.53. The summed E-state index contributed by atoms with van der Waals surface area (Å²) in [6.45, 7) is 0. The summed E-state index contributed by atoms with van der Waals surface area (Å²) < 4.78 is 54.8. The quantitative estimate of drug-likeness (QED) is 0.717. The lowest BCUT2D eigenvalue weighted by atomic mass is 9.96. The molecule has 1 fully saturated rings. The topological polar surface area (TPSA) is 61.9 Å². The molecule has 4 rings (SSSR count). The van der Waals surface area contributed by atoms with Gasteiger partial charge in [0.25, 0.3) is 0 Å². The Morgan fingerprint density at radius 1 is 1.24 bits per heavy atom. The number of amides is 1. The van der Waals surface area contributed by atoms with Gasteiger partial charge in [-0.15, -0.1) is 0 Å². The molecule has 152 valence electrons. The van der Waals surface area contributed by atoms with Gasteiger partial charge in [-0.1, -0.05) is 12.1 Å². The highest BCUT2D eigenvalue weighted by molar-refractivity contribution is 5.95. The molecule has 1 aliphatic carbocycles. The fourth-order valence-corrected chi connectivity index (χ4v) is 3.98. The number of rotatable bonds is 4. The van der Waals surface area contributed by atoms with Crippen molar-refractivity contribution in [2.75, 3.05) is 4.90 Å². The van der Waals surface area contributed by atoms with Crippen LogP contribution in [0.4, 0.5) is 23.4 Å². The Bertz CT molecular complexity index is 956. The molecule has 0 saturated heterocycles. The van der Waals surface area contributed by atoms with Gasteiger partial charge in [-0.25, -0.2) is 9.07 Å². The van der Waals surface area contributed by atoms with Crippen LogP contribution in [0.25, 0.3) is 0 Å². The Morgan fingerprint density at radius 3 is 2.52 bits per heavy atom. The van der Waals surface area contributed by atoms with Gasteiger partial charge < -0.3 is 0 Å². The molecule has 0 radical (unpaired) electrons. The number of carbonyl (C=O) groups is 1. The van der Waals surface area contributed by atoms with Gasteiger partial charge in [0.05, 0.1) is 6.20 Å². The zero-order chi connectivity index (χ0) is 20.8. The molecule has 2 atom stereocenters. The Balaban J connectivity index is 1.66. The van der Waals surface area contributed by atoms with Crippen molar-refractivity contribution in [2.24, 2.45) is 5.92 Å². The molecular formula is C20H18F4N4O. The fraction of sp³-hybridized carbons (Fsp3) is 0.450. The maximum atomic E-state index is 13.6. The first kappa shape index (κ1) is 19.4. The van der Waals surface area contributed by atoms with E-state index >= 15 is 0 Å². The van der Waals surface area contributed by atoms with Crippen LogP contribution in [-0.2, 0) is 11.2 Å². The zero-order valence-corrected chi connectivity index (χ0v) is 15.4. The molecule has 1 aliphatic heterocycles. The molecule has 0 unspecified atom stereocenters. The summed E-state index contributed by atoms with van der Waals surface area (Å²) >= 11 is 0. The minimum Gasteiger partial charge on any atom is -0.292 e. The van der Waals surface area contributed by atoms with Crippen LogP contribution in [-0.4, -0.2) is 27.9 Å². The third kappa shape index (κ3) is 3.71. The summed E-state index contributed by atoms with van der Waals surface area (Å²) in [7, 11) is 0. The number of fused-ring (bicyclic) bond motifs is 1. The van der Waals surface area contributed by atoms with E-state index in [2.05, 4.69) is 5.10 Å². The molecule has 0 spiro atoms. The van der Waals surface area contributed by atoms with Crippen molar-refractivity contribution >= 4 is 11.7 Å². The standard InChI is InChI=1S/C20H18F4N4O/c21-15-6-1-12(2-7-15)3-8-18(29)27-16(13-4-5-13)9-17(20(22,23)24)28-19(27)14(10-25)11-26-28/h1-2,6-7,11,13,16-17H,3-5,8-9H2/t16-,17+/m0/s1. The first-order valence-corrected chi connectivity index (χ1v) is 9.40. The second-order valence-electron chi connectivity index (χ2n) is 7.53. The maximum Gasteiger partial charge on any atom is 0.410 e. The van der Waals surface area contributed by atoms with Gasteiger partial charge in [0, 0.05) is 12.5 Å². The number of nitriles is 1. The smallest absolute Gasteiger partial charge is 0.292 e. The summed E-state index contributed by atoms with van der Waals surface area (Å²) in [5.41, 5.74) is 0.710. The molecule has 29 heavy (non-hydrogen) atoms. The molecule has 1 aromatic heterocycles. The molecule has 2 aliphatic rings. The van der Waals surface area contributed by atoms with Crippen molar-refractivity contribution in [3.05, 3.63) is 47.4 Å². The molecule has 5 nitrogen and oxygen atoms in total. The van der Waals surface area contributed by atoms with E-state index in [1.807, 2.05) is 6.07 Å². The average Bonchev–Trinajstić information content (AvgIpc) is 3.44. The van der Waals surface area contributed by atoms with E-state index in [-0.39, 0.29) is 41.9 Å². The van der Waals surface area contributed by atoms with Crippen molar-refractivity contribution in [3.63, 3.8) is 0 Å². The van der Waals surface area contributed by atoms with Crippen LogP contribution in [0.1, 0.15) is 42.9 Å². The van der Waals surface area contributed by atoms with Gasteiger partial charge in [-0.2, -0.15) is 23.5 Å². The number of carbonyl (C=O) groups excluding carboxylic acids is 1. The Hall–Kier alpha value is -2.89. The second-order valence-corrected chi connectivity index (χ2v) is 7.53. The van der Waals surface area contributed by atoms with E-state index in [1.54, 1.807) is 12.1 Å². The number of nitrogens with zero attached hydrogens (tertiary/aromatic N) is 4. The first-order valence-electron chi connectivity index (χ1n) is 9.40.